The van der Waals surface area contributed by atoms with Crippen molar-refractivity contribution in [2.75, 3.05) is 26.7 Å². The highest BCUT2D eigenvalue weighted by molar-refractivity contribution is 6.06. The molecule has 2 saturated heterocycles. The highest BCUT2D eigenvalue weighted by atomic mass is 16.5. The summed E-state index contributed by atoms with van der Waals surface area (Å²) < 4.78 is 4.69. The number of imide groups is 1. The van der Waals surface area contributed by atoms with Gasteiger partial charge in [-0.25, -0.2) is 0 Å². The monoisotopic (exact) mass is 364 g/mol. The van der Waals surface area contributed by atoms with E-state index < -0.39 is 5.41 Å². The van der Waals surface area contributed by atoms with Crippen LogP contribution in [0.2, 0.25) is 0 Å². The van der Waals surface area contributed by atoms with Crippen LogP contribution in [0.25, 0.3) is 0 Å². The van der Waals surface area contributed by atoms with Crippen molar-refractivity contribution < 1.29 is 23.9 Å². The number of methoxy groups -OCH3 is 1. The second-order valence-electron chi connectivity index (χ2n) is 7.87. The van der Waals surface area contributed by atoms with E-state index in [4.69, 9.17) is 4.74 Å². The number of hydrogen-bond donors (Lipinski definition) is 0. The van der Waals surface area contributed by atoms with E-state index in [1.165, 1.54) is 12.0 Å². The molecule has 2 aliphatic heterocycles. The third-order valence-corrected chi connectivity index (χ3v) is 6.25. The first-order chi connectivity index (χ1) is 12.4. The van der Waals surface area contributed by atoms with Crippen LogP contribution in [-0.2, 0) is 23.9 Å². The number of carbonyl (C=O) groups is 4. The van der Waals surface area contributed by atoms with Crippen LogP contribution in [-0.4, -0.2) is 60.2 Å². The first-order valence-electron chi connectivity index (χ1n) is 9.64. The Morgan fingerprint density at radius 1 is 1.15 bits per heavy atom. The number of likely N-dealkylation sites (tertiary alicyclic amines) is 2. The summed E-state index contributed by atoms with van der Waals surface area (Å²) in [6.07, 6.45) is 6.09. The Bertz CT molecular complexity index is 589. The average Bonchev–Trinajstić information content (AvgIpc) is 3.19. The summed E-state index contributed by atoms with van der Waals surface area (Å²) in [4.78, 5) is 51.8. The Morgan fingerprint density at radius 2 is 1.81 bits per heavy atom. The van der Waals surface area contributed by atoms with Gasteiger partial charge in [-0.05, 0) is 31.6 Å². The van der Waals surface area contributed by atoms with Crippen LogP contribution in [0.5, 0.6) is 0 Å². The Kier molecular flexibility index (Phi) is 5.63. The molecule has 2 heterocycles. The number of nitrogens with zero attached hydrogens (tertiary/aromatic N) is 2. The van der Waals surface area contributed by atoms with E-state index in [9.17, 15) is 19.2 Å². The second kappa shape index (κ2) is 7.76. The van der Waals surface area contributed by atoms with Crippen molar-refractivity contribution in [1.82, 2.24) is 9.80 Å². The first kappa shape index (κ1) is 18.9. The zero-order valence-electron chi connectivity index (χ0n) is 15.5. The number of piperidine rings is 1. The summed E-state index contributed by atoms with van der Waals surface area (Å²) >= 11 is 0. The fourth-order valence-corrected chi connectivity index (χ4v) is 4.60. The zero-order chi connectivity index (χ0) is 18.7. The van der Waals surface area contributed by atoms with E-state index in [0.717, 1.165) is 38.5 Å². The molecule has 7 nitrogen and oxygen atoms in total. The molecular weight excluding hydrogens is 336 g/mol. The third kappa shape index (κ3) is 3.76. The summed E-state index contributed by atoms with van der Waals surface area (Å²) in [5, 5.41) is 0. The van der Waals surface area contributed by atoms with Crippen molar-refractivity contribution in [3.05, 3.63) is 0 Å². The van der Waals surface area contributed by atoms with E-state index in [-0.39, 0.29) is 42.6 Å². The van der Waals surface area contributed by atoms with Crippen molar-refractivity contribution in [2.24, 2.45) is 11.3 Å². The lowest BCUT2D eigenvalue weighted by molar-refractivity contribution is -0.142. The fraction of sp³-hybridized carbons (Fsp3) is 0.789. The standard InChI is InChI=1S/C19H28N2O5/c1-26-17(24)12-14-4-9-20(10-5-14)15(22)6-11-21-16(23)13-19(18(21)25)7-2-3-8-19/h14H,2-13H2,1H3. The molecular formula is C19H28N2O5. The Hall–Kier alpha value is -1.92. The van der Waals surface area contributed by atoms with Crippen LogP contribution in [0.3, 0.4) is 0 Å². The van der Waals surface area contributed by atoms with Crippen LogP contribution >= 0.6 is 0 Å². The summed E-state index contributed by atoms with van der Waals surface area (Å²) in [5.74, 6) is -0.155. The molecule has 3 amide bonds. The van der Waals surface area contributed by atoms with E-state index in [2.05, 4.69) is 0 Å². The molecule has 1 spiro atoms. The van der Waals surface area contributed by atoms with E-state index in [1.54, 1.807) is 4.90 Å². The molecule has 0 aromatic rings. The molecule has 144 valence electrons. The Labute approximate surface area is 154 Å². The highest BCUT2D eigenvalue weighted by Gasteiger charge is 2.52. The molecule has 0 radical (unpaired) electrons. The van der Waals surface area contributed by atoms with Gasteiger partial charge in [0.05, 0.1) is 12.5 Å². The van der Waals surface area contributed by atoms with Gasteiger partial charge in [-0.3, -0.25) is 24.1 Å². The minimum Gasteiger partial charge on any atom is -0.469 e. The highest BCUT2D eigenvalue weighted by Crippen LogP contribution is 2.46. The van der Waals surface area contributed by atoms with Gasteiger partial charge in [0, 0.05) is 38.9 Å². The molecule has 0 aromatic heterocycles. The van der Waals surface area contributed by atoms with Gasteiger partial charge in [0.25, 0.3) is 0 Å². The van der Waals surface area contributed by atoms with Crippen LogP contribution in [0.1, 0.15) is 57.8 Å². The number of ether oxygens (including phenoxy) is 1. The third-order valence-electron chi connectivity index (χ3n) is 6.25. The van der Waals surface area contributed by atoms with Gasteiger partial charge in [-0.1, -0.05) is 12.8 Å². The predicted octanol–water partition coefficient (Wildman–Crippen LogP) is 1.50. The SMILES string of the molecule is COC(=O)CC1CCN(C(=O)CCN2C(=O)CC3(CCCC3)C2=O)CC1. The number of esters is 1. The normalized spacial score (nSPS) is 23.1. The number of carbonyl (C=O) groups excluding carboxylic acids is 4. The van der Waals surface area contributed by atoms with Crippen molar-refractivity contribution in [2.45, 2.75) is 57.8 Å². The topological polar surface area (TPSA) is 84.0 Å². The van der Waals surface area contributed by atoms with Crippen molar-refractivity contribution >= 4 is 23.7 Å². The molecule has 0 N–H and O–H groups in total. The van der Waals surface area contributed by atoms with Crippen LogP contribution in [0.4, 0.5) is 0 Å². The molecule has 1 saturated carbocycles. The molecule has 3 rings (SSSR count). The van der Waals surface area contributed by atoms with Gasteiger partial charge in [0.1, 0.15) is 0 Å². The molecule has 26 heavy (non-hydrogen) atoms. The molecule has 0 bridgehead atoms. The van der Waals surface area contributed by atoms with Crippen molar-refractivity contribution in [3.63, 3.8) is 0 Å². The predicted molar refractivity (Wildman–Crippen MR) is 92.8 cm³/mol. The lowest BCUT2D eigenvalue weighted by Crippen LogP contribution is -2.41. The van der Waals surface area contributed by atoms with E-state index in [1.807, 2.05) is 0 Å². The molecule has 1 aliphatic carbocycles. The molecule has 0 unspecified atom stereocenters. The maximum Gasteiger partial charge on any atom is 0.305 e. The first-order valence-corrected chi connectivity index (χ1v) is 9.64. The lowest BCUT2D eigenvalue weighted by Gasteiger charge is -2.32. The van der Waals surface area contributed by atoms with Crippen molar-refractivity contribution in [1.29, 1.82) is 0 Å². The largest absolute Gasteiger partial charge is 0.469 e. The van der Waals surface area contributed by atoms with Gasteiger partial charge in [-0.15, -0.1) is 0 Å². The van der Waals surface area contributed by atoms with E-state index >= 15 is 0 Å². The maximum absolute atomic E-state index is 12.6. The summed E-state index contributed by atoms with van der Waals surface area (Å²) in [7, 11) is 1.39. The average molecular weight is 364 g/mol. The quantitative estimate of drug-likeness (QED) is 0.545. The van der Waals surface area contributed by atoms with Gasteiger partial charge >= 0.3 is 5.97 Å². The number of hydrogen-bond acceptors (Lipinski definition) is 5. The Morgan fingerprint density at radius 3 is 2.42 bits per heavy atom. The summed E-state index contributed by atoms with van der Waals surface area (Å²) in [6, 6.07) is 0. The maximum atomic E-state index is 12.6. The summed E-state index contributed by atoms with van der Waals surface area (Å²) in [5.41, 5.74) is -0.466. The minimum atomic E-state index is -0.466. The minimum absolute atomic E-state index is 0.0190. The number of rotatable bonds is 5. The van der Waals surface area contributed by atoms with Crippen LogP contribution in [0.15, 0.2) is 0 Å². The van der Waals surface area contributed by atoms with Gasteiger partial charge in [-0.2, -0.15) is 0 Å². The molecule has 0 atom stereocenters. The molecule has 7 heteroatoms. The Balaban J connectivity index is 1.45. The van der Waals surface area contributed by atoms with E-state index in [0.29, 0.717) is 25.9 Å². The second-order valence-corrected chi connectivity index (χ2v) is 7.87. The lowest BCUT2D eigenvalue weighted by atomic mass is 9.84. The number of amides is 3. The summed E-state index contributed by atoms with van der Waals surface area (Å²) in [6.45, 7) is 1.43. The molecule has 0 aromatic carbocycles. The zero-order valence-corrected chi connectivity index (χ0v) is 15.5. The van der Waals surface area contributed by atoms with Crippen LogP contribution in [0, 0.1) is 11.3 Å². The van der Waals surface area contributed by atoms with Crippen molar-refractivity contribution in [3.8, 4) is 0 Å². The molecule has 3 aliphatic rings. The molecule has 3 fully saturated rings. The smallest absolute Gasteiger partial charge is 0.305 e. The van der Waals surface area contributed by atoms with Crippen LogP contribution < -0.4 is 0 Å². The van der Waals surface area contributed by atoms with Gasteiger partial charge in [0.2, 0.25) is 17.7 Å². The van der Waals surface area contributed by atoms with Gasteiger partial charge in [0.15, 0.2) is 0 Å². The van der Waals surface area contributed by atoms with Gasteiger partial charge < -0.3 is 9.64 Å². The fourth-order valence-electron chi connectivity index (χ4n) is 4.60.